The van der Waals surface area contributed by atoms with E-state index in [-0.39, 0.29) is 24.3 Å². The Morgan fingerprint density at radius 3 is 2.29 bits per heavy atom. The van der Waals surface area contributed by atoms with Gasteiger partial charge in [-0.3, -0.25) is 14.4 Å². The van der Waals surface area contributed by atoms with Gasteiger partial charge in [-0.1, -0.05) is 25.0 Å². The SMILES string of the molecule is O=C(CNc1cccc(C(=O)NCc2ccco2)c1)Nc1cccc(C(=O)N2CCCCCC2)c1. The molecule has 8 nitrogen and oxygen atoms in total. The van der Waals surface area contributed by atoms with Gasteiger partial charge in [0.25, 0.3) is 11.8 Å². The number of anilines is 2. The molecule has 2 aromatic carbocycles. The summed E-state index contributed by atoms with van der Waals surface area (Å²) in [6.07, 6.45) is 5.93. The Hall–Kier alpha value is -4.07. The highest BCUT2D eigenvalue weighted by Crippen LogP contribution is 2.17. The van der Waals surface area contributed by atoms with Gasteiger partial charge in [0.15, 0.2) is 0 Å². The molecule has 1 saturated heterocycles. The van der Waals surface area contributed by atoms with Crippen LogP contribution >= 0.6 is 0 Å². The van der Waals surface area contributed by atoms with Crippen molar-refractivity contribution in [3.63, 3.8) is 0 Å². The maximum absolute atomic E-state index is 12.9. The summed E-state index contributed by atoms with van der Waals surface area (Å²) in [5.74, 6) is 0.183. The monoisotopic (exact) mass is 474 g/mol. The molecule has 0 unspecified atom stereocenters. The van der Waals surface area contributed by atoms with Gasteiger partial charge in [0, 0.05) is 35.6 Å². The highest BCUT2D eigenvalue weighted by molar-refractivity contribution is 5.98. The predicted octanol–water partition coefficient (Wildman–Crippen LogP) is 4.28. The summed E-state index contributed by atoms with van der Waals surface area (Å²) in [5.41, 5.74) is 2.27. The molecule has 1 aromatic heterocycles. The summed E-state index contributed by atoms with van der Waals surface area (Å²) in [6.45, 7) is 1.87. The average molecular weight is 475 g/mol. The van der Waals surface area contributed by atoms with Gasteiger partial charge in [-0.25, -0.2) is 0 Å². The molecule has 0 saturated carbocycles. The van der Waals surface area contributed by atoms with Crippen LogP contribution in [0, 0.1) is 0 Å². The number of carbonyl (C=O) groups is 3. The number of carbonyl (C=O) groups excluding carboxylic acids is 3. The quantitative estimate of drug-likeness (QED) is 0.452. The zero-order valence-corrected chi connectivity index (χ0v) is 19.6. The first-order valence-corrected chi connectivity index (χ1v) is 11.9. The maximum Gasteiger partial charge on any atom is 0.253 e. The third-order valence-electron chi connectivity index (χ3n) is 5.87. The van der Waals surface area contributed by atoms with Crippen LogP contribution in [-0.4, -0.2) is 42.3 Å². The van der Waals surface area contributed by atoms with E-state index in [4.69, 9.17) is 4.42 Å². The molecule has 3 amide bonds. The van der Waals surface area contributed by atoms with Gasteiger partial charge in [-0.05, 0) is 61.4 Å². The molecule has 1 aliphatic rings. The van der Waals surface area contributed by atoms with E-state index < -0.39 is 0 Å². The van der Waals surface area contributed by atoms with Crippen LogP contribution in [0.15, 0.2) is 71.3 Å². The Morgan fingerprint density at radius 1 is 0.829 bits per heavy atom. The highest BCUT2D eigenvalue weighted by Gasteiger charge is 2.17. The first kappa shape index (κ1) is 24.1. The Labute approximate surface area is 204 Å². The van der Waals surface area contributed by atoms with Crippen molar-refractivity contribution in [1.29, 1.82) is 0 Å². The third-order valence-corrected chi connectivity index (χ3v) is 5.87. The second-order valence-corrected chi connectivity index (χ2v) is 8.53. The zero-order chi connectivity index (χ0) is 24.5. The molecule has 3 aromatic rings. The Balaban J connectivity index is 1.29. The van der Waals surface area contributed by atoms with E-state index in [1.54, 1.807) is 66.9 Å². The van der Waals surface area contributed by atoms with Crippen molar-refractivity contribution in [3.05, 3.63) is 83.8 Å². The fourth-order valence-electron chi connectivity index (χ4n) is 4.03. The van der Waals surface area contributed by atoms with Crippen molar-refractivity contribution in [2.75, 3.05) is 30.3 Å². The summed E-state index contributed by atoms with van der Waals surface area (Å²) in [5, 5.41) is 8.67. The molecule has 182 valence electrons. The molecule has 4 rings (SSSR count). The number of benzene rings is 2. The molecular weight excluding hydrogens is 444 g/mol. The van der Waals surface area contributed by atoms with Crippen molar-refractivity contribution in [1.82, 2.24) is 10.2 Å². The van der Waals surface area contributed by atoms with Gasteiger partial charge in [0.05, 0.1) is 19.4 Å². The van der Waals surface area contributed by atoms with Crippen molar-refractivity contribution in [2.45, 2.75) is 32.2 Å². The lowest BCUT2D eigenvalue weighted by Crippen LogP contribution is -2.31. The zero-order valence-electron chi connectivity index (χ0n) is 19.6. The topological polar surface area (TPSA) is 104 Å². The minimum absolute atomic E-state index is 0.00302. The number of nitrogens with zero attached hydrogens (tertiary/aromatic N) is 1. The summed E-state index contributed by atoms with van der Waals surface area (Å²) >= 11 is 0. The maximum atomic E-state index is 12.9. The standard InChI is InChI=1S/C27H30N4O4/c32-25(30-23-11-6-9-21(17-23)27(34)31-13-3-1-2-4-14-31)19-28-22-10-5-8-20(16-22)26(33)29-18-24-12-7-15-35-24/h5-12,15-17,28H,1-4,13-14,18-19H2,(H,29,33)(H,30,32). The molecule has 3 N–H and O–H groups in total. The molecule has 8 heteroatoms. The number of hydrogen-bond donors (Lipinski definition) is 3. The number of rotatable bonds is 8. The molecule has 35 heavy (non-hydrogen) atoms. The predicted molar refractivity (Wildman–Crippen MR) is 134 cm³/mol. The minimum atomic E-state index is -0.253. The largest absolute Gasteiger partial charge is 0.467 e. The second-order valence-electron chi connectivity index (χ2n) is 8.53. The highest BCUT2D eigenvalue weighted by atomic mass is 16.3. The van der Waals surface area contributed by atoms with Crippen molar-refractivity contribution in [3.8, 4) is 0 Å². The van der Waals surface area contributed by atoms with Crippen LogP contribution in [-0.2, 0) is 11.3 Å². The number of hydrogen-bond acceptors (Lipinski definition) is 5. The molecule has 1 fully saturated rings. The molecule has 1 aliphatic heterocycles. The van der Waals surface area contributed by atoms with Gasteiger partial charge in [-0.2, -0.15) is 0 Å². The van der Waals surface area contributed by atoms with E-state index in [0.717, 1.165) is 38.8 Å². The third kappa shape index (κ3) is 6.96. The van der Waals surface area contributed by atoms with Crippen LogP contribution in [0.4, 0.5) is 11.4 Å². The summed E-state index contributed by atoms with van der Waals surface area (Å²) in [4.78, 5) is 39.7. The van der Waals surface area contributed by atoms with Crippen LogP contribution in [0.1, 0.15) is 52.2 Å². The van der Waals surface area contributed by atoms with Crippen LogP contribution < -0.4 is 16.0 Å². The smallest absolute Gasteiger partial charge is 0.253 e. The lowest BCUT2D eigenvalue weighted by atomic mass is 10.1. The lowest BCUT2D eigenvalue weighted by molar-refractivity contribution is -0.114. The first-order valence-electron chi connectivity index (χ1n) is 11.9. The van der Waals surface area contributed by atoms with Crippen LogP contribution in [0.3, 0.4) is 0 Å². The van der Waals surface area contributed by atoms with Crippen molar-refractivity contribution >= 4 is 29.1 Å². The van der Waals surface area contributed by atoms with Gasteiger partial charge in [0.1, 0.15) is 5.76 Å². The fraction of sp³-hybridized carbons (Fsp3) is 0.296. The molecule has 0 radical (unpaired) electrons. The Bertz CT molecular complexity index is 1150. The number of amides is 3. The van der Waals surface area contributed by atoms with E-state index in [9.17, 15) is 14.4 Å². The normalized spacial score (nSPS) is 13.5. The molecular formula is C27H30N4O4. The fourth-order valence-corrected chi connectivity index (χ4v) is 4.03. The summed E-state index contributed by atoms with van der Waals surface area (Å²) in [7, 11) is 0. The minimum Gasteiger partial charge on any atom is -0.467 e. The Kier molecular flexibility index (Phi) is 8.17. The number of likely N-dealkylation sites (tertiary alicyclic amines) is 1. The molecule has 0 bridgehead atoms. The van der Waals surface area contributed by atoms with Gasteiger partial charge >= 0.3 is 0 Å². The second kappa shape index (κ2) is 11.9. The van der Waals surface area contributed by atoms with Gasteiger partial charge < -0.3 is 25.3 Å². The lowest BCUT2D eigenvalue weighted by Gasteiger charge is -2.20. The first-order chi connectivity index (χ1) is 17.1. The molecule has 0 atom stereocenters. The summed E-state index contributed by atoms with van der Waals surface area (Å²) in [6, 6.07) is 17.5. The van der Waals surface area contributed by atoms with E-state index in [1.807, 2.05) is 4.90 Å². The van der Waals surface area contributed by atoms with Crippen LogP contribution in [0.2, 0.25) is 0 Å². The van der Waals surface area contributed by atoms with Crippen molar-refractivity contribution < 1.29 is 18.8 Å². The van der Waals surface area contributed by atoms with Gasteiger partial charge in [0.2, 0.25) is 5.91 Å². The van der Waals surface area contributed by atoms with E-state index in [2.05, 4.69) is 16.0 Å². The molecule has 2 heterocycles. The van der Waals surface area contributed by atoms with Crippen LogP contribution in [0.5, 0.6) is 0 Å². The number of furan rings is 1. The van der Waals surface area contributed by atoms with E-state index in [0.29, 0.717) is 34.8 Å². The average Bonchev–Trinajstić information content (AvgIpc) is 3.26. The Morgan fingerprint density at radius 2 is 1.54 bits per heavy atom. The molecule has 0 spiro atoms. The van der Waals surface area contributed by atoms with Crippen molar-refractivity contribution in [2.24, 2.45) is 0 Å². The van der Waals surface area contributed by atoms with Gasteiger partial charge in [-0.15, -0.1) is 0 Å². The number of nitrogens with one attached hydrogen (secondary N) is 3. The van der Waals surface area contributed by atoms with E-state index in [1.165, 1.54) is 0 Å². The van der Waals surface area contributed by atoms with E-state index >= 15 is 0 Å². The summed E-state index contributed by atoms with van der Waals surface area (Å²) < 4.78 is 5.22. The molecule has 0 aliphatic carbocycles. The van der Waals surface area contributed by atoms with Crippen LogP contribution in [0.25, 0.3) is 0 Å².